The summed E-state index contributed by atoms with van der Waals surface area (Å²) < 4.78 is 9.97. The summed E-state index contributed by atoms with van der Waals surface area (Å²) in [5.74, 6) is -1.14. The predicted molar refractivity (Wildman–Crippen MR) is 113 cm³/mol. The van der Waals surface area contributed by atoms with Crippen molar-refractivity contribution in [2.24, 2.45) is 0 Å². The molecule has 0 fully saturated rings. The first-order valence-electron chi connectivity index (χ1n) is 9.74. The van der Waals surface area contributed by atoms with Crippen LogP contribution in [-0.2, 0) is 47.0 Å². The van der Waals surface area contributed by atoms with Crippen LogP contribution in [-0.4, -0.2) is 52.8 Å². The number of amides is 2. The van der Waals surface area contributed by atoms with Gasteiger partial charge in [-0.1, -0.05) is 48.5 Å². The number of aliphatic carboxylic acids is 1. The van der Waals surface area contributed by atoms with Gasteiger partial charge in [-0.15, -0.1) is 10.1 Å². The van der Waals surface area contributed by atoms with Crippen LogP contribution >= 0.6 is 0 Å². The Balaban J connectivity index is 0.00000107. The second-order valence-electron chi connectivity index (χ2n) is 6.94. The van der Waals surface area contributed by atoms with Crippen molar-refractivity contribution in [1.82, 2.24) is 5.32 Å². The number of carboxylic acid groups (broad SMARTS) is 1. The Bertz CT molecular complexity index is 951. The third kappa shape index (κ3) is 8.95. The zero-order valence-electron chi connectivity index (χ0n) is 17.9. The van der Waals surface area contributed by atoms with E-state index in [0.29, 0.717) is 0 Å². The molecule has 34 heavy (non-hydrogen) atoms. The first kappa shape index (κ1) is 28.8. The Morgan fingerprint density at radius 2 is 1.56 bits per heavy atom. The number of fused-ring (bicyclic) bond motifs is 3. The van der Waals surface area contributed by atoms with Gasteiger partial charge in [0.1, 0.15) is 13.2 Å². The molecule has 0 aromatic heterocycles. The fourth-order valence-electron chi connectivity index (χ4n) is 3.48. The zero-order valence-corrected chi connectivity index (χ0v) is 20.7. The molecule has 1 atom stereocenters. The summed E-state index contributed by atoms with van der Waals surface area (Å²) in [7, 11) is 0. The molecule has 2 amide bonds. The molecule has 1 aliphatic carbocycles. The maximum atomic E-state index is 12.3. The van der Waals surface area contributed by atoms with E-state index in [1.54, 1.807) is 0 Å². The Labute approximate surface area is 219 Å². The third-order valence-electron chi connectivity index (χ3n) is 4.79. The number of hydrogen-bond donors (Lipinski definition) is 3. The summed E-state index contributed by atoms with van der Waals surface area (Å²) in [5, 5.41) is 25.0. The molecule has 2 aromatic rings. The topological polar surface area (TPSA) is 189 Å². The quantitative estimate of drug-likeness (QED) is 0.326. The summed E-state index contributed by atoms with van der Waals surface area (Å²) >= 11 is 0. The number of ether oxygens (including phenoxy) is 2. The SMILES string of the molecule is O=[N+]([O-])O.[NH-]C(=O)OCC(CCC(=O)O)NC(=O)OCC1c2ccccc2-c2ccccc21.[Y]. The van der Waals surface area contributed by atoms with Crippen molar-refractivity contribution in [3.63, 3.8) is 0 Å². The average Bonchev–Trinajstić information content (AvgIpc) is 3.07. The molecule has 179 valence electrons. The van der Waals surface area contributed by atoms with E-state index in [0.717, 1.165) is 22.3 Å². The molecule has 0 spiro atoms. The van der Waals surface area contributed by atoms with Crippen LogP contribution in [0.3, 0.4) is 0 Å². The molecule has 0 heterocycles. The van der Waals surface area contributed by atoms with Crippen molar-refractivity contribution in [3.8, 4) is 11.1 Å². The number of rotatable bonds is 8. The molecule has 0 saturated carbocycles. The van der Waals surface area contributed by atoms with Gasteiger partial charge < -0.3 is 30.8 Å². The number of nitrogens with one attached hydrogen (secondary N) is 2. The molecular formula is C21H22N3O9Y-. The van der Waals surface area contributed by atoms with Gasteiger partial charge in [0.2, 0.25) is 6.09 Å². The second kappa shape index (κ2) is 14.1. The van der Waals surface area contributed by atoms with Crippen molar-refractivity contribution in [1.29, 1.82) is 0 Å². The molecular weight excluding hydrogens is 527 g/mol. The fourth-order valence-corrected chi connectivity index (χ4v) is 3.48. The largest absolute Gasteiger partial charge is 0.632 e. The molecule has 12 nitrogen and oxygen atoms in total. The molecule has 13 heteroatoms. The molecule has 0 aliphatic heterocycles. The first-order chi connectivity index (χ1) is 15.7. The number of carbonyl (C=O) groups excluding carboxylic acids is 2. The molecule has 1 unspecified atom stereocenters. The Kier molecular flexibility index (Phi) is 11.9. The van der Waals surface area contributed by atoms with E-state index >= 15 is 0 Å². The Morgan fingerprint density at radius 3 is 2.03 bits per heavy atom. The monoisotopic (exact) mass is 549 g/mol. The summed E-state index contributed by atoms with van der Waals surface area (Å²) in [5.41, 5.74) is 11.2. The molecule has 2 aromatic carbocycles. The van der Waals surface area contributed by atoms with Gasteiger partial charge in [-0.3, -0.25) is 9.59 Å². The summed E-state index contributed by atoms with van der Waals surface area (Å²) in [4.78, 5) is 42.1. The van der Waals surface area contributed by atoms with Crippen molar-refractivity contribution >= 4 is 18.2 Å². The number of benzene rings is 2. The van der Waals surface area contributed by atoms with Crippen molar-refractivity contribution in [2.45, 2.75) is 24.8 Å². The smallest absolute Gasteiger partial charge is 0.407 e. The number of nitrogens with zero attached hydrogens (tertiary/aromatic N) is 1. The zero-order chi connectivity index (χ0) is 24.4. The van der Waals surface area contributed by atoms with Crippen LogP contribution in [0.15, 0.2) is 48.5 Å². The molecule has 3 rings (SSSR count). The second-order valence-corrected chi connectivity index (χ2v) is 6.94. The standard InChI is InChI=1S/C21H22N2O6.HNO3.Y/c22-20(26)28-11-13(9-10-19(24)25)23-21(27)29-12-18-16-7-3-1-5-14(16)15-6-2-4-8-17(15)18;2-1(3)4;/h1-8,13,18H,9-12H2,(H4,22,23,24,25,26,27);(H,2,3,4);/p-1. The van der Waals surface area contributed by atoms with Crippen LogP contribution in [0.2, 0.25) is 0 Å². The van der Waals surface area contributed by atoms with Crippen LogP contribution in [0.25, 0.3) is 16.9 Å². The van der Waals surface area contributed by atoms with Crippen molar-refractivity contribution in [2.75, 3.05) is 13.2 Å². The van der Waals surface area contributed by atoms with Crippen molar-refractivity contribution in [3.05, 3.63) is 75.5 Å². The molecule has 0 bridgehead atoms. The summed E-state index contributed by atoms with van der Waals surface area (Å²) in [6, 6.07) is 15.1. The molecule has 1 aliphatic rings. The van der Waals surface area contributed by atoms with E-state index in [1.165, 1.54) is 0 Å². The maximum Gasteiger partial charge on any atom is 0.407 e. The van der Waals surface area contributed by atoms with E-state index in [2.05, 4.69) is 10.1 Å². The Morgan fingerprint density at radius 1 is 1.06 bits per heavy atom. The fraction of sp³-hybridized carbons (Fsp3) is 0.286. The minimum atomic E-state index is -1.50. The van der Waals surface area contributed by atoms with Gasteiger partial charge in [-0.05, 0) is 28.7 Å². The normalized spacial score (nSPS) is 11.9. The maximum absolute atomic E-state index is 12.3. The van der Waals surface area contributed by atoms with Gasteiger partial charge in [0.05, 0.1) is 6.04 Å². The minimum absolute atomic E-state index is 0. The van der Waals surface area contributed by atoms with Gasteiger partial charge in [0.25, 0.3) is 5.09 Å². The average molecular weight is 549 g/mol. The van der Waals surface area contributed by atoms with E-state index in [1.807, 2.05) is 48.5 Å². The first-order valence-corrected chi connectivity index (χ1v) is 9.74. The van der Waals surface area contributed by atoms with Gasteiger partial charge in [-0.2, -0.15) is 0 Å². The number of carbonyl (C=O) groups is 3. The number of carboxylic acids is 1. The van der Waals surface area contributed by atoms with Gasteiger partial charge in [0.15, 0.2) is 0 Å². The molecule has 0 saturated heterocycles. The van der Waals surface area contributed by atoms with Crippen LogP contribution in [0, 0.1) is 10.1 Å². The van der Waals surface area contributed by atoms with E-state index in [9.17, 15) is 14.4 Å². The van der Waals surface area contributed by atoms with Crippen LogP contribution < -0.4 is 5.32 Å². The molecule has 4 N–H and O–H groups in total. The molecule has 1 radical (unpaired) electrons. The van der Waals surface area contributed by atoms with E-state index < -0.39 is 29.3 Å². The Hall–Kier alpha value is -3.25. The van der Waals surface area contributed by atoms with E-state index in [4.69, 9.17) is 30.9 Å². The van der Waals surface area contributed by atoms with E-state index in [-0.39, 0.29) is 64.7 Å². The van der Waals surface area contributed by atoms with Gasteiger partial charge in [-0.25, -0.2) is 4.79 Å². The van der Waals surface area contributed by atoms with Crippen LogP contribution in [0.5, 0.6) is 0 Å². The minimum Gasteiger partial charge on any atom is -0.632 e. The van der Waals surface area contributed by atoms with Gasteiger partial charge in [0, 0.05) is 45.0 Å². The number of alkyl carbamates (subject to hydrolysis) is 1. The number of hydrogen-bond acceptors (Lipinski definition) is 7. The predicted octanol–water partition coefficient (Wildman–Crippen LogP) is 3.60. The summed E-state index contributed by atoms with van der Waals surface area (Å²) in [6.07, 6.45) is -2.15. The van der Waals surface area contributed by atoms with Gasteiger partial charge >= 0.3 is 12.1 Å². The van der Waals surface area contributed by atoms with Crippen LogP contribution in [0.1, 0.15) is 29.9 Å². The summed E-state index contributed by atoms with van der Waals surface area (Å²) in [6.45, 7) is -0.177. The van der Waals surface area contributed by atoms with Crippen LogP contribution in [0.4, 0.5) is 9.59 Å². The van der Waals surface area contributed by atoms with Crippen molar-refractivity contribution < 1.29 is 72.0 Å². The third-order valence-corrected chi connectivity index (χ3v) is 4.79.